The van der Waals surface area contributed by atoms with Crippen LogP contribution in [0.4, 0.5) is 0 Å². The van der Waals surface area contributed by atoms with Gasteiger partial charge < -0.3 is 23.4 Å². The molecule has 2 heterocycles. The van der Waals surface area contributed by atoms with E-state index >= 15 is 0 Å². The summed E-state index contributed by atoms with van der Waals surface area (Å²) in [5, 5.41) is 9.72. The first-order valence-corrected chi connectivity index (χ1v) is 19.7. The number of benzene rings is 1. The molecule has 226 valence electrons. The average molecular weight is 621 g/mol. The van der Waals surface area contributed by atoms with Crippen molar-refractivity contribution in [3.8, 4) is 34.8 Å². The number of para-hydroxylation sites is 2. The Bertz CT molecular complexity index is 1240. The molecule has 3 aromatic rings. The second kappa shape index (κ2) is 14.1. The van der Waals surface area contributed by atoms with Crippen molar-refractivity contribution in [2.75, 3.05) is 20.3 Å². The van der Waals surface area contributed by atoms with E-state index in [9.17, 15) is 0 Å². The number of halogens is 1. The van der Waals surface area contributed by atoms with E-state index in [1.807, 2.05) is 6.07 Å². The number of aliphatic hydroxyl groups is 1. The van der Waals surface area contributed by atoms with E-state index in [1.54, 1.807) is 36.7 Å². The lowest BCUT2D eigenvalue weighted by atomic mass is 10.2. The number of methoxy groups -OCH3 is 1. The SMILES string of the molecule is CC(C)(C)[Si](C)(C)O[Si](C)(C)C(C)(C)C.COc1ccccc1Oc1c(Cl)nc(-c2ncccn2)nc1OCCO. The number of hydrogen-bond donors (Lipinski definition) is 1. The zero-order valence-electron chi connectivity index (χ0n) is 26.2. The highest BCUT2D eigenvalue weighted by atomic mass is 35.5. The molecule has 0 aliphatic rings. The van der Waals surface area contributed by atoms with Crippen molar-refractivity contribution < 1.29 is 23.4 Å². The molecule has 0 atom stereocenters. The highest BCUT2D eigenvalue weighted by molar-refractivity contribution is 6.87. The van der Waals surface area contributed by atoms with E-state index < -0.39 is 16.6 Å². The summed E-state index contributed by atoms with van der Waals surface area (Å²) in [6.45, 7) is 23.1. The Morgan fingerprint density at radius 3 is 1.83 bits per heavy atom. The Hall–Kier alpha value is -2.58. The summed E-state index contributed by atoms with van der Waals surface area (Å²) < 4.78 is 23.2. The molecule has 0 aliphatic carbocycles. The minimum absolute atomic E-state index is 0.00468. The van der Waals surface area contributed by atoms with Crippen molar-refractivity contribution in [1.82, 2.24) is 19.9 Å². The lowest BCUT2D eigenvalue weighted by molar-refractivity contribution is 0.192. The molecule has 0 radical (unpaired) electrons. The van der Waals surface area contributed by atoms with Gasteiger partial charge in [0.05, 0.1) is 13.7 Å². The van der Waals surface area contributed by atoms with Crippen LogP contribution in [0.5, 0.6) is 23.1 Å². The van der Waals surface area contributed by atoms with Crippen molar-refractivity contribution in [1.29, 1.82) is 0 Å². The van der Waals surface area contributed by atoms with Gasteiger partial charge in [0.2, 0.25) is 11.6 Å². The molecule has 41 heavy (non-hydrogen) atoms. The van der Waals surface area contributed by atoms with Gasteiger partial charge in [0, 0.05) is 12.4 Å². The average Bonchev–Trinajstić information content (AvgIpc) is 2.88. The minimum Gasteiger partial charge on any atom is -0.493 e. The summed E-state index contributed by atoms with van der Waals surface area (Å²) >= 11 is 6.29. The molecule has 0 unspecified atom stereocenters. The van der Waals surface area contributed by atoms with Crippen LogP contribution in [0.3, 0.4) is 0 Å². The molecule has 9 nitrogen and oxygen atoms in total. The first-order chi connectivity index (χ1) is 18.9. The van der Waals surface area contributed by atoms with Crippen LogP contribution in [-0.4, -0.2) is 62.0 Å². The number of hydrogen-bond acceptors (Lipinski definition) is 9. The third-order valence-electron chi connectivity index (χ3n) is 7.29. The first kappa shape index (κ1) is 34.6. The number of nitrogens with zero attached hydrogens (tertiary/aromatic N) is 4. The quantitative estimate of drug-likeness (QED) is 0.189. The van der Waals surface area contributed by atoms with Gasteiger partial charge in [-0.15, -0.1) is 0 Å². The molecule has 3 rings (SSSR count). The predicted octanol–water partition coefficient (Wildman–Crippen LogP) is 7.77. The summed E-state index contributed by atoms with van der Waals surface area (Å²) in [4.78, 5) is 16.6. The van der Waals surface area contributed by atoms with Crippen LogP contribution >= 0.6 is 11.6 Å². The van der Waals surface area contributed by atoms with Gasteiger partial charge in [-0.1, -0.05) is 65.3 Å². The minimum atomic E-state index is -1.59. The summed E-state index contributed by atoms with van der Waals surface area (Å²) in [6, 6.07) is 8.72. The van der Waals surface area contributed by atoms with Crippen LogP contribution in [0.15, 0.2) is 42.7 Å². The molecule has 1 N–H and O–H groups in total. The molecule has 0 bridgehead atoms. The van der Waals surface area contributed by atoms with Crippen molar-refractivity contribution >= 4 is 28.2 Å². The highest BCUT2D eigenvalue weighted by Gasteiger charge is 2.46. The molecule has 0 amide bonds. The Balaban J connectivity index is 0.000000337. The summed E-state index contributed by atoms with van der Waals surface area (Å²) in [7, 11) is -1.65. The van der Waals surface area contributed by atoms with Crippen LogP contribution in [-0.2, 0) is 4.12 Å². The van der Waals surface area contributed by atoms with Crippen LogP contribution in [0.2, 0.25) is 41.4 Å². The van der Waals surface area contributed by atoms with Crippen LogP contribution in [0.25, 0.3) is 11.6 Å². The van der Waals surface area contributed by atoms with Crippen LogP contribution < -0.4 is 14.2 Å². The van der Waals surface area contributed by atoms with Crippen LogP contribution in [0, 0.1) is 0 Å². The lowest BCUT2D eigenvalue weighted by Crippen LogP contribution is -2.53. The maximum atomic E-state index is 9.06. The maximum Gasteiger partial charge on any atom is 0.263 e. The maximum absolute atomic E-state index is 9.06. The number of aromatic nitrogens is 4. The topological polar surface area (TPSA) is 109 Å². The molecule has 0 spiro atoms. The van der Waals surface area contributed by atoms with Gasteiger partial charge >= 0.3 is 0 Å². The standard InChI is InChI=1S/C17H15ClN4O4.C12H30OSi2/c1-24-11-5-2-3-6-12(11)26-13-14(18)21-16(15-19-7-4-8-20-15)22-17(13)25-10-9-23;1-11(2,3)14(7,8)13-15(9,10)12(4,5)6/h2-8,23H,9-10H2,1H3;1-10H3. The molecule has 0 saturated heterocycles. The molecule has 0 aliphatic heterocycles. The fourth-order valence-electron chi connectivity index (χ4n) is 3.00. The number of rotatable bonds is 9. The molecular weight excluding hydrogens is 576 g/mol. The second-order valence-electron chi connectivity index (χ2n) is 12.5. The predicted molar refractivity (Wildman–Crippen MR) is 169 cm³/mol. The zero-order chi connectivity index (χ0) is 31.1. The van der Waals surface area contributed by atoms with Crippen LogP contribution in [0.1, 0.15) is 41.5 Å². The fraction of sp³-hybridized carbons (Fsp3) is 0.517. The van der Waals surface area contributed by atoms with Crippen molar-refractivity contribution in [2.45, 2.75) is 77.8 Å². The Labute approximate surface area is 251 Å². The summed E-state index contributed by atoms with van der Waals surface area (Å²) in [5.41, 5.74) is 0. The van der Waals surface area contributed by atoms with Gasteiger partial charge in [0.25, 0.3) is 5.88 Å². The van der Waals surface area contributed by atoms with E-state index in [-0.39, 0.29) is 41.6 Å². The Kier molecular flexibility index (Phi) is 11.9. The van der Waals surface area contributed by atoms with E-state index in [0.717, 1.165) is 0 Å². The van der Waals surface area contributed by atoms with Crippen molar-refractivity contribution in [3.05, 3.63) is 47.9 Å². The summed E-state index contributed by atoms with van der Waals surface area (Å²) in [5.74, 6) is 1.55. The van der Waals surface area contributed by atoms with Gasteiger partial charge in [-0.05, 0) is 54.5 Å². The zero-order valence-corrected chi connectivity index (χ0v) is 29.0. The molecule has 0 fully saturated rings. The molecule has 1 aromatic carbocycles. The third kappa shape index (κ3) is 9.47. The lowest BCUT2D eigenvalue weighted by Gasteiger charge is -2.47. The molecular formula is C29H45ClN4O5Si2. The van der Waals surface area contributed by atoms with E-state index in [4.69, 9.17) is 35.0 Å². The van der Waals surface area contributed by atoms with Crippen molar-refractivity contribution in [3.63, 3.8) is 0 Å². The smallest absolute Gasteiger partial charge is 0.263 e. The monoisotopic (exact) mass is 620 g/mol. The van der Waals surface area contributed by atoms with E-state index in [2.05, 4.69) is 87.7 Å². The molecule has 0 saturated carbocycles. The molecule has 2 aromatic heterocycles. The largest absolute Gasteiger partial charge is 0.493 e. The van der Waals surface area contributed by atoms with E-state index in [0.29, 0.717) is 21.6 Å². The fourth-order valence-corrected chi connectivity index (χ4v) is 10.8. The molecule has 12 heteroatoms. The van der Waals surface area contributed by atoms with Gasteiger partial charge in [-0.3, -0.25) is 0 Å². The van der Waals surface area contributed by atoms with Gasteiger partial charge in [-0.2, -0.15) is 4.98 Å². The number of ether oxygens (including phenoxy) is 3. The highest BCUT2D eigenvalue weighted by Crippen LogP contribution is 2.44. The van der Waals surface area contributed by atoms with Gasteiger partial charge in [0.1, 0.15) is 6.61 Å². The first-order valence-electron chi connectivity index (χ1n) is 13.5. The van der Waals surface area contributed by atoms with E-state index in [1.165, 1.54) is 7.11 Å². The summed E-state index contributed by atoms with van der Waals surface area (Å²) in [6.07, 6.45) is 3.13. The normalized spacial score (nSPS) is 12.3. The third-order valence-corrected chi connectivity index (χ3v) is 18.9. The van der Waals surface area contributed by atoms with Gasteiger partial charge in [0.15, 0.2) is 39.1 Å². The Morgan fingerprint density at radius 2 is 1.34 bits per heavy atom. The second-order valence-corrected chi connectivity index (χ2v) is 22.7. The Morgan fingerprint density at radius 1 is 0.805 bits per heavy atom. The number of aliphatic hydroxyl groups excluding tert-OH is 1. The van der Waals surface area contributed by atoms with Crippen molar-refractivity contribution in [2.24, 2.45) is 0 Å². The van der Waals surface area contributed by atoms with Gasteiger partial charge in [-0.25, -0.2) is 15.0 Å².